The number of hydrogen-bond acceptors (Lipinski definition) is 3. The van der Waals surface area contributed by atoms with Crippen molar-refractivity contribution >= 4 is 11.9 Å². The maximum absolute atomic E-state index is 12.1. The normalized spacial score (nSPS) is 27.3. The quantitative estimate of drug-likeness (QED) is 0.687. The smallest absolute Gasteiger partial charge is 0.326 e. The number of amides is 1. The standard InChI is InChI=1S/C13H24N2O3/c1-3-8(2)11(13(17)18)15-12(16)9-6-4-5-7-10(9)14/h8-11H,3-7,14H2,1-2H3,(H,15,16)(H,17,18). The summed E-state index contributed by atoms with van der Waals surface area (Å²) < 4.78 is 0. The second kappa shape index (κ2) is 6.73. The highest BCUT2D eigenvalue weighted by Gasteiger charge is 2.32. The topological polar surface area (TPSA) is 92.4 Å². The minimum atomic E-state index is -0.970. The molecule has 1 saturated carbocycles. The number of rotatable bonds is 5. The van der Waals surface area contributed by atoms with Crippen LogP contribution in [-0.4, -0.2) is 29.1 Å². The van der Waals surface area contributed by atoms with E-state index in [1.165, 1.54) is 0 Å². The third-order valence-electron chi connectivity index (χ3n) is 3.93. The summed E-state index contributed by atoms with van der Waals surface area (Å²) in [4.78, 5) is 23.2. The monoisotopic (exact) mass is 256 g/mol. The van der Waals surface area contributed by atoms with Gasteiger partial charge in [0.2, 0.25) is 5.91 Å². The average molecular weight is 256 g/mol. The molecule has 1 aliphatic carbocycles. The van der Waals surface area contributed by atoms with Gasteiger partial charge in [-0.2, -0.15) is 0 Å². The van der Waals surface area contributed by atoms with E-state index in [0.717, 1.165) is 25.7 Å². The fourth-order valence-electron chi connectivity index (χ4n) is 2.43. The largest absolute Gasteiger partial charge is 0.480 e. The third-order valence-corrected chi connectivity index (χ3v) is 3.93. The first kappa shape index (κ1) is 15.0. The van der Waals surface area contributed by atoms with Crippen molar-refractivity contribution in [1.29, 1.82) is 0 Å². The summed E-state index contributed by atoms with van der Waals surface area (Å²) in [5.74, 6) is -1.48. The summed E-state index contributed by atoms with van der Waals surface area (Å²) in [6.07, 6.45) is 4.37. The number of carboxylic acids is 1. The van der Waals surface area contributed by atoms with Crippen LogP contribution in [0.4, 0.5) is 0 Å². The van der Waals surface area contributed by atoms with Gasteiger partial charge in [0.1, 0.15) is 6.04 Å². The van der Waals surface area contributed by atoms with E-state index in [9.17, 15) is 9.59 Å². The molecule has 18 heavy (non-hydrogen) atoms. The van der Waals surface area contributed by atoms with E-state index in [2.05, 4.69) is 5.32 Å². The third kappa shape index (κ3) is 3.70. The van der Waals surface area contributed by atoms with Gasteiger partial charge in [-0.05, 0) is 18.8 Å². The molecule has 1 fully saturated rings. The molecule has 5 heteroatoms. The van der Waals surface area contributed by atoms with Gasteiger partial charge in [-0.15, -0.1) is 0 Å². The summed E-state index contributed by atoms with van der Waals surface area (Å²) in [7, 11) is 0. The van der Waals surface area contributed by atoms with Gasteiger partial charge < -0.3 is 16.2 Å². The molecule has 0 aromatic carbocycles. The summed E-state index contributed by atoms with van der Waals surface area (Å²) in [6.45, 7) is 3.75. The van der Waals surface area contributed by atoms with Crippen molar-refractivity contribution in [3.8, 4) is 0 Å². The Balaban J connectivity index is 2.63. The van der Waals surface area contributed by atoms with Crippen LogP contribution < -0.4 is 11.1 Å². The summed E-state index contributed by atoms with van der Waals surface area (Å²) in [5, 5.41) is 11.8. The maximum atomic E-state index is 12.1. The molecule has 5 nitrogen and oxygen atoms in total. The molecule has 4 unspecified atom stereocenters. The fraction of sp³-hybridized carbons (Fsp3) is 0.846. The Kier molecular flexibility index (Phi) is 5.59. The molecule has 4 N–H and O–H groups in total. The van der Waals surface area contributed by atoms with Gasteiger partial charge in [-0.25, -0.2) is 4.79 Å². The number of carboxylic acid groups (broad SMARTS) is 1. The van der Waals surface area contributed by atoms with Crippen LogP contribution in [0.2, 0.25) is 0 Å². The Labute approximate surface area is 108 Å². The van der Waals surface area contributed by atoms with Gasteiger partial charge in [0.25, 0.3) is 0 Å². The van der Waals surface area contributed by atoms with Crippen LogP contribution in [0.5, 0.6) is 0 Å². The molecule has 0 aromatic heterocycles. The zero-order valence-electron chi connectivity index (χ0n) is 11.2. The first-order chi connectivity index (χ1) is 8.47. The van der Waals surface area contributed by atoms with Gasteiger partial charge in [-0.1, -0.05) is 33.1 Å². The molecular weight excluding hydrogens is 232 g/mol. The predicted octanol–water partition coefficient (Wildman–Crippen LogP) is 1.12. The second-order valence-corrected chi connectivity index (χ2v) is 5.26. The highest BCUT2D eigenvalue weighted by Crippen LogP contribution is 2.23. The van der Waals surface area contributed by atoms with Crippen LogP contribution in [0.15, 0.2) is 0 Å². The summed E-state index contributed by atoms with van der Waals surface area (Å²) in [5.41, 5.74) is 5.93. The van der Waals surface area contributed by atoms with E-state index in [1.807, 2.05) is 13.8 Å². The lowest BCUT2D eigenvalue weighted by Gasteiger charge is -2.29. The van der Waals surface area contributed by atoms with Crippen molar-refractivity contribution in [1.82, 2.24) is 5.32 Å². The van der Waals surface area contributed by atoms with Gasteiger partial charge in [0.05, 0.1) is 5.92 Å². The Morgan fingerprint density at radius 3 is 2.50 bits per heavy atom. The highest BCUT2D eigenvalue weighted by atomic mass is 16.4. The van der Waals surface area contributed by atoms with Crippen molar-refractivity contribution in [3.05, 3.63) is 0 Å². The van der Waals surface area contributed by atoms with Crippen molar-refractivity contribution in [2.75, 3.05) is 0 Å². The summed E-state index contributed by atoms with van der Waals surface area (Å²) in [6, 6.07) is -0.943. The lowest BCUT2D eigenvalue weighted by atomic mass is 9.84. The average Bonchev–Trinajstić information content (AvgIpc) is 2.35. The second-order valence-electron chi connectivity index (χ2n) is 5.26. The molecule has 0 spiro atoms. The van der Waals surface area contributed by atoms with Crippen molar-refractivity contribution in [2.45, 2.75) is 58.0 Å². The Bertz CT molecular complexity index is 307. The molecule has 0 aliphatic heterocycles. The van der Waals surface area contributed by atoms with Crippen LogP contribution in [0.1, 0.15) is 46.0 Å². The number of nitrogens with two attached hydrogens (primary N) is 1. The molecule has 0 saturated heterocycles. The molecule has 104 valence electrons. The predicted molar refractivity (Wildman–Crippen MR) is 69.0 cm³/mol. The molecule has 0 aromatic rings. The minimum absolute atomic E-state index is 0.0775. The molecule has 4 atom stereocenters. The first-order valence-electron chi connectivity index (χ1n) is 6.76. The Morgan fingerprint density at radius 1 is 1.39 bits per heavy atom. The molecule has 0 heterocycles. The van der Waals surface area contributed by atoms with Crippen LogP contribution in [0, 0.1) is 11.8 Å². The van der Waals surface area contributed by atoms with E-state index in [4.69, 9.17) is 10.8 Å². The highest BCUT2D eigenvalue weighted by molar-refractivity contribution is 5.85. The van der Waals surface area contributed by atoms with Crippen LogP contribution >= 0.6 is 0 Å². The Morgan fingerprint density at radius 2 is 2.00 bits per heavy atom. The first-order valence-corrected chi connectivity index (χ1v) is 6.76. The molecule has 0 bridgehead atoms. The zero-order chi connectivity index (χ0) is 13.7. The fourth-order valence-corrected chi connectivity index (χ4v) is 2.43. The van der Waals surface area contributed by atoms with E-state index in [-0.39, 0.29) is 23.8 Å². The van der Waals surface area contributed by atoms with Crippen molar-refractivity contribution in [3.63, 3.8) is 0 Å². The Hall–Kier alpha value is -1.10. The number of nitrogens with one attached hydrogen (secondary N) is 1. The summed E-state index contributed by atoms with van der Waals surface area (Å²) >= 11 is 0. The number of aliphatic carboxylic acids is 1. The molecular formula is C13H24N2O3. The number of hydrogen-bond donors (Lipinski definition) is 3. The van der Waals surface area contributed by atoms with E-state index in [0.29, 0.717) is 6.42 Å². The van der Waals surface area contributed by atoms with E-state index >= 15 is 0 Å². The van der Waals surface area contributed by atoms with Crippen molar-refractivity contribution < 1.29 is 14.7 Å². The SMILES string of the molecule is CCC(C)C(NC(=O)C1CCCCC1N)C(=O)O. The van der Waals surface area contributed by atoms with E-state index < -0.39 is 12.0 Å². The van der Waals surface area contributed by atoms with Gasteiger partial charge in [0, 0.05) is 6.04 Å². The zero-order valence-corrected chi connectivity index (χ0v) is 11.2. The number of carbonyl (C=O) groups excluding carboxylic acids is 1. The number of carbonyl (C=O) groups is 2. The molecule has 1 rings (SSSR count). The van der Waals surface area contributed by atoms with Crippen LogP contribution in [-0.2, 0) is 9.59 Å². The lowest BCUT2D eigenvalue weighted by molar-refractivity contribution is -0.144. The van der Waals surface area contributed by atoms with Gasteiger partial charge >= 0.3 is 5.97 Å². The molecule has 0 radical (unpaired) electrons. The van der Waals surface area contributed by atoms with Crippen LogP contribution in [0.25, 0.3) is 0 Å². The van der Waals surface area contributed by atoms with Crippen LogP contribution in [0.3, 0.4) is 0 Å². The van der Waals surface area contributed by atoms with E-state index in [1.54, 1.807) is 0 Å². The van der Waals surface area contributed by atoms with Gasteiger partial charge in [-0.3, -0.25) is 4.79 Å². The maximum Gasteiger partial charge on any atom is 0.326 e. The minimum Gasteiger partial charge on any atom is -0.480 e. The molecule has 1 amide bonds. The van der Waals surface area contributed by atoms with Crippen molar-refractivity contribution in [2.24, 2.45) is 17.6 Å². The lowest BCUT2D eigenvalue weighted by Crippen LogP contribution is -2.51. The molecule has 1 aliphatic rings. The van der Waals surface area contributed by atoms with Gasteiger partial charge in [0.15, 0.2) is 0 Å².